The highest BCUT2D eigenvalue weighted by molar-refractivity contribution is 5.85. The summed E-state index contributed by atoms with van der Waals surface area (Å²) in [4.78, 5) is 27.7. The molecule has 0 atom stereocenters. The maximum Gasteiger partial charge on any atom is 0.242 e. The lowest BCUT2D eigenvalue weighted by Crippen LogP contribution is -2.45. The van der Waals surface area contributed by atoms with Gasteiger partial charge in [0.05, 0.1) is 6.54 Å². The Labute approximate surface area is 109 Å². The standard InChI is InChI=1S/C14H24N2O2/c1-12-6-9-15(10-7-12)14(18)11-16-8-4-2-3-5-13(16)17/h12H,2-11H2,1H3. The van der Waals surface area contributed by atoms with Crippen molar-refractivity contribution < 1.29 is 9.59 Å². The summed E-state index contributed by atoms with van der Waals surface area (Å²) in [6.07, 6.45) is 5.93. The number of likely N-dealkylation sites (tertiary alicyclic amines) is 2. The molecule has 0 aromatic rings. The molecule has 2 fully saturated rings. The number of carbonyl (C=O) groups is 2. The third-order valence-electron chi connectivity index (χ3n) is 4.13. The fourth-order valence-electron chi connectivity index (χ4n) is 2.73. The summed E-state index contributed by atoms with van der Waals surface area (Å²) in [6, 6.07) is 0. The van der Waals surface area contributed by atoms with E-state index >= 15 is 0 Å². The van der Waals surface area contributed by atoms with Gasteiger partial charge in [0, 0.05) is 26.1 Å². The zero-order chi connectivity index (χ0) is 13.0. The lowest BCUT2D eigenvalue weighted by Gasteiger charge is -2.32. The summed E-state index contributed by atoms with van der Waals surface area (Å²) in [5.74, 6) is 1.03. The average Bonchev–Trinajstić information content (AvgIpc) is 2.56. The van der Waals surface area contributed by atoms with Crippen LogP contribution in [0.25, 0.3) is 0 Å². The van der Waals surface area contributed by atoms with Crippen molar-refractivity contribution in [2.75, 3.05) is 26.2 Å². The smallest absolute Gasteiger partial charge is 0.242 e. The molecule has 0 aromatic carbocycles. The number of piperidine rings is 1. The second-order valence-electron chi connectivity index (χ2n) is 5.69. The van der Waals surface area contributed by atoms with Gasteiger partial charge >= 0.3 is 0 Å². The lowest BCUT2D eigenvalue weighted by molar-refractivity contribution is -0.141. The van der Waals surface area contributed by atoms with E-state index in [1.165, 1.54) is 0 Å². The molecular weight excluding hydrogens is 228 g/mol. The van der Waals surface area contributed by atoms with E-state index in [4.69, 9.17) is 0 Å². The fourth-order valence-corrected chi connectivity index (χ4v) is 2.73. The van der Waals surface area contributed by atoms with Gasteiger partial charge in [0.2, 0.25) is 11.8 Å². The topological polar surface area (TPSA) is 40.6 Å². The highest BCUT2D eigenvalue weighted by Crippen LogP contribution is 2.17. The maximum absolute atomic E-state index is 12.2. The molecule has 2 aliphatic rings. The van der Waals surface area contributed by atoms with Crippen LogP contribution in [0.3, 0.4) is 0 Å². The molecule has 2 rings (SSSR count). The zero-order valence-corrected chi connectivity index (χ0v) is 11.4. The Morgan fingerprint density at radius 2 is 1.89 bits per heavy atom. The number of hydrogen-bond donors (Lipinski definition) is 0. The molecule has 2 amide bonds. The number of rotatable bonds is 2. The first kappa shape index (κ1) is 13.4. The van der Waals surface area contributed by atoms with Crippen molar-refractivity contribution in [2.45, 2.75) is 45.4 Å². The van der Waals surface area contributed by atoms with Crippen LogP contribution < -0.4 is 0 Å². The summed E-state index contributed by atoms with van der Waals surface area (Å²) in [6.45, 7) is 5.02. The Bertz CT molecular complexity index is 309. The number of hydrogen-bond acceptors (Lipinski definition) is 2. The van der Waals surface area contributed by atoms with Crippen LogP contribution >= 0.6 is 0 Å². The molecular formula is C14H24N2O2. The van der Waals surface area contributed by atoms with Crippen LogP contribution in [0, 0.1) is 5.92 Å². The Balaban J connectivity index is 1.84. The quantitative estimate of drug-likeness (QED) is 0.749. The lowest BCUT2D eigenvalue weighted by atomic mass is 9.99. The van der Waals surface area contributed by atoms with Crippen LogP contribution in [0.4, 0.5) is 0 Å². The molecule has 2 saturated heterocycles. The summed E-state index contributed by atoms with van der Waals surface area (Å²) in [5.41, 5.74) is 0. The van der Waals surface area contributed by atoms with Crippen molar-refractivity contribution in [3.05, 3.63) is 0 Å². The molecule has 0 unspecified atom stereocenters. The largest absolute Gasteiger partial charge is 0.341 e. The van der Waals surface area contributed by atoms with Crippen molar-refractivity contribution in [1.82, 2.24) is 9.80 Å². The predicted molar refractivity (Wildman–Crippen MR) is 70.0 cm³/mol. The van der Waals surface area contributed by atoms with Gasteiger partial charge in [-0.1, -0.05) is 13.3 Å². The molecule has 2 aliphatic heterocycles. The fraction of sp³-hybridized carbons (Fsp3) is 0.857. The minimum absolute atomic E-state index is 0.136. The molecule has 0 aromatic heterocycles. The molecule has 4 nitrogen and oxygen atoms in total. The van der Waals surface area contributed by atoms with Gasteiger partial charge in [-0.3, -0.25) is 9.59 Å². The molecule has 0 N–H and O–H groups in total. The van der Waals surface area contributed by atoms with Gasteiger partial charge in [0.1, 0.15) is 0 Å². The van der Waals surface area contributed by atoms with E-state index in [-0.39, 0.29) is 11.8 Å². The first-order valence-corrected chi connectivity index (χ1v) is 7.22. The Hall–Kier alpha value is -1.06. The van der Waals surface area contributed by atoms with Crippen molar-refractivity contribution >= 4 is 11.8 Å². The van der Waals surface area contributed by atoms with Crippen molar-refractivity contribution in [1.29, 1.82) is 0 Å². The number of carbonyl (C=O) groups excluding carboxylic acids is 2. The molecule has 18 heavy (non-hydrogen) atoms. The van der Waals surface area contributed by atoms with Crippen molar-refractivity contribution in [3.63, 3.8) is 0 Å². The van der Waals surface area contributed by atoms with Gasteiger partial charge in [-0.05, 0) is 31.6 Å². The van der Waals surface area contributed by atoms with Crippen LogP contribution in [0.15, 0.2) is 0 Å². The normalized spacial score (nSPS) is 23.1. The van der Waals surface area contributed by atoms with Gasteiger partial charge in [0.25, 0.3) is 0 Å². The summed E-state index contributed by atoms with van der Waals surface area (Å²) in [5, 5.41) is 0. The van der Waals surface area contributed by atoms with E-state index in [0.717, 1.165) is 57.7 Å². The molecule has 0 saturated carbocycles. The highest BCUT2D eigenvalue weighted by Gasteiger charge is 2.24. The minimum Gasteiger partial charge on any atom is -0.341 e. The van der Waals surface area contributed by atoms with E-state index in [9.17, 15) is 9.59 Å². The summed E-state index contributed by atoms with van der Waals surface area (Å²) < 4.78 is 0. The second kappa shape index (κ2) is 6.21. The zero-order valence-electron chi connectivity index (χ0n) is 11.4. The second-order valence-corrected chi connectivity index (χ2v) is 5.69. The van der Waals surface area contributed by atoms with E-state index in [1.54, 1.807) is 4.90 Å². The van der Waals surface area contributed by atoms with E-state index in [0.29, 0.717) is 13.0 Å². The number of nitrogens with zero attached hydrogens (tertiary/aromatic N) is 2. The maximum atomic E-state index is 12.2. The average molecular weight is 252 g/mol. The highest BCUT2D eigenvalue weighted by atomic mass is 16.2. The van der Waals surface area contributed by atoms with E-state index in [1.807, 2.05) is 4.90 Å². The van der Waals surface area contributed by atoms with Crippen LogP contribution in [0.1, 0.15) is 45.4 Å². The minimum atomic E-state index is 0.136. The molecule has 102 valence electrons. The molecule has 0 spiro atoms. The Kier molecular flexibility index (Phi) is 4.61. The van der Waals surface area contributed by atoms with Crippen LogP contribution in [0.5, 0.6) is 0 Å². The van der Waals surface area contributed by atoms with Gasteiger partial charge < -0.3 is 9.80 Å². The van der Waals surface area contributed by atoms with Gasteiger partial charge in [0.15, 0.2) is 0 Å². The monoisotopic (exact) mass is 252 g/mol. The van der Waals surface area contributed by atoms with Crippen LogP contribution in [-0.2, 0) is 9.59 Å². The summed E-state index contributed by atoms with van der Waals surface area (Å²) in [7, 11) is 0. The molecule has 4 heteroatoms. The van der Waals surface area contributed by atoms with Gasteiger partial charge in [-0.25, -0.2) is 0 Å². The van der Waals surface area contributed by atoms with Crippen molar-refractivity contribution in [2.24, 2.45) is 5.92 Å². The third kappa shape index (κ3) is 3.47. The third-order valence-corrected chi connectivity index (χ3v) is 4.13. The van der Waals surface area contributed by atoms with E-state index < -0.39 is 0 Å². The molecule has 2 heterocycles. The van der Waals surface area contributed by atoms with Gasteiger partial charge in [-0.15, -0.1) is 0 Å². The molecule has 0 aliphatic carbocycles. The summed E-state index contributed by atoms with van der Waals surface area (Å²) >= 11 is 0. The Morgan fingerprint density at radius 3 is 2.61 bits per heavy atom. The van der Waals surface area contributed by atoms with Crippen molar-refractivity contribution in [3.8, 4) is 0 Å². The SMILES string of the molecule is CC1CCN(C(=O)CN2CCCCCC2=O)CC1. The van der Waals surface area contributed by atoms with Crippen LogP contribution in [-0.4, -0.2) is 47.8 Å². The Morgan fingerprint density at radius 1 is 1.17 bits per heavy atom. The molecule has 0 bridgehead atoms. The number of amides is 2. The predicted octanol–water partition coefficient (Wildman–Crippen LogP) is 1.65. The van der Waals surface area contributed by atoms with Crippen LogP contribution in [0.2, 0.25) is 0 Å². The van der Waals surface area contributed by atoms with E-state index in [2.05, 4.69) is 6.92 Å². The van der Waals surface area contributed by atoms with Gasteiger partial charge in [-0.2, -0.15) is 0 Å². The molecule has 0 radical (unpaired) electrons. The first-order valence-electron chi connectivity index (χ1n) is 7.22. The first-order chi connectivity index (χ1) is 8.66.